The second-order valence-corrected chi connectivity index (χ2v) is 6.41. The zero-order chi connectivity index (χ0) is 13.9. The van der Waals surface area contributed by atoms with Gasteiger partial charge in [0.25, 0.3) is 5.56 Å². The first-order valence-corrected chi connectivity index (χ1v) is 6.50. The Morgan fingerprint density at radius 1 is 1.33 bits per heavy atom. The van der Waals surface area contributed by atoms with E-state index in [2.05, 4.69) is 27.7 Å². The van der Waals surface area contributed by atoms with Crippen LogP contribution in [0, 0.1) is 18.3 Å². The topological polar surface area (TPSA) is 31.2 Å². The van der Waals surface area contributed by atoms with E-state index < -0.39 is 0 Å². The molecule has 0 bridgehead atoms. The molecule has 0 aliphatic heterocycles. The lowest BCUT2D eigenvalue weighted by molar-refractivity contribution is 0.144. The third-order valence-electron chi connectivity index (χ3n) is 2.91. The fourth-order valence-corrected chi connectivity index (χ4v) is 2.58. The first-order chi connectivity index (χ1) is 8.23. The summed E-state index contributed by atoms with van der Waals surface area (Å²) < 4.78 is 1.40. The van der Waals surface area contributed by atoms with Crippen LogP contribution in [-0.4, -0.2) is 11.8 Å². The van der Waals surface area contributed by atoms with E-state index in [1.807, 2.05) is 13.0 Å². The summed E-state index contributed by atoms with van der Waals surface area (Å²) in [4.78, 5) is 17.0. The molecule has 0 radical (unpaired) electrons. The van der Waals surface area contributed by atoms with Crippen molar-refractivity contribution in [3.8, 4) is 0 Å². The maximum atomic E-state index is 11.8. The van der Waals surface area contributed by atoms with E-state index in [-0.39, 0.29) is 5.56 Å². The minimum absolute atomic E-state index is 0.0875. The molecule has 0 N–H and O–H groups in total. The monoisotopic (exact) mass is 251 g/mol. The van der Waals surface area contributed by atoms with Crippen LogP contribution >= 0.6 is 0 Å². The maximum Gasteiger partial charge on any atom is 0.283 e. The molecular formula is C15H25NO2. The van der Waals surface area contributed by atoms with Crippen LogP contribution in [0.4, 0.5) is 0 Å². The zero-order valence-electron chi connectivity index (χ0n) is 12.4. The minimum atomic E-state index is -0.0875. The van der Waals surface area contributed by atoms with Crippen LogP contribution in [-0.2, 0) is 6.42 Å². The molecule has 1 aromatic heterocycles. The van der Waals surface area contributed by atoms with Crippen LogP contribution in [0.2, 0.25) is 0 Å². The Morgan fingerprint density at radius 3 is 2.44 bits per heavy atom. The van der Waals surface area contributed by atoms with Gasteiger partial charge >= 0.3 is 0 Å². The van der Waals surface area contributed by atoms with E-state index >= 15 is 0 Å². The van der Waals surface area contributed by atoms with Crippen LogP contribution < -0.4 is 10.4 Å². The molecule has 0 amide bonds. The van der Waals surface area contributed by atoms with Gasteiger partial charge in [0.2, 0.25) is 0 Å². The van der Waals surface area contributed by atoms with Crippen molar-refractivity contribution in [3.63, 3.8) is 0 Å². The van der Waals surface area contributed by atoms with Gasteiger partial charge in [-0.2, -0.15) is 0 Å². The third kappa shape index (κ3) is 4.21. The lowest BCUT2D eigenvalue weighted by Crippen LogP contribution is -2.29. The van der Waals surface area contributed by atoms with E-state index in [4.69, 9.17) is 4.84 Å². The van der Waals surface area contributed by atoms with Crippen LogP contribution in [0.25, 0.3) is 0 Å². The summed E-state index contributed by atoms with van der Waals surface area (Å²) in [6.07, 6.45) is 1.99. The molecule has 0 aromatic carbocycles. The Kier molecular flexibility index (Phi) is 4.60. The first kappa shape index (κ1) is 14.8. The maximum absolute atomic E-state index is 11.8. The summed E-state index contributed by atoms with van der Waals surface area (Å²) in [5.74, 6) is 0.521. The molecule has 3 nitrogen and oxygen atoms in total. The quantitative estimate of drug-likeness (QED) is 0.824. The van der Waals surface area contributed by atoms with E-state index in [0.717, 1.165) is 24.1 Å². The number of aromatic nitrogens is 1. The molecule has 0 aliphatic rings. The molecule has 1 aromatic rings. The highest BCUT2D eigenvalue weighted by Gasteiger charge is 2.17. The van der Waals surface area contributed by atoms with Gasteiger partial charge in [-0.1, -0.05) is 27.7 Å². The summed E-state index contributed by atoms with van der Waals surface area (Å²) in [6, 6.07) is 3.63. The predicted octanol–water partition coefficient (Wildman–Crippen LogP) is 2.83. The Hall–Kier alpha value is -1.25. The van der Waals surface area contributed by atoms with Gasteiger partial charge in [-0.25, -0.2) is 0 Å². The van der Waals surface area contributed by atoms with Crippen molar-refractivity contribution in [2.24, 2.45) is 11.3 Å². The van der Waals surface area contributed by atoms with Gasteiger partial charge < -0.3 is 4.84 Å². The molecule has 1 heterocycles. The van der Waals surface area contributed by atoms with Crippen LogP contribution in [0.1, 0.15) is 45.4 Å². The van der Waals surface area contributed by atoms with Crippen molar-refractivity contribution < 1.29 is 4.84 Å². The predicted molar refractivity (Wildman–Crippen MR) is 74.9 cm³/mol. The summed E-state index contributed by atoms with van der Waals surface area (Å²) >= 11 is 0. The molecule has 0 spiro atoms. The van der Waals surface area contributed by atoms with Crippen molar-refractivity contribution in [3.05, 3.63) is 33.7 Å². The molecule has 18 heavy (non-hydrogen) atoms. The normalized spacial score (nSPS) is 13.4. The van der Waals surface area contributed by atoms with E-state index in [1.165, 1.54) is 11.8 Å². The number of hydrogen-bond donors (Lipinski definition) is 0. The van der Waals surface area contributed by atoms with Crippen LogP contribution in [0.5, 0.6) is 0 Å². The second kappa shape index (κ2) is 5.59. The Balaban J connectivity index is 2.93. The van der Waals surface area contributed by atoms with Gasteiger partial charge in [0.15, 0.2) is 0 Å². The smallest absolute Gasteiger partial charge is 0.283 e. The lowest BCUT2D eigenvalue weighted by Gasteiger charge is -2.24. The Labute approximate surface area is 110 Å². The molecule has 1 atom stereocenters. The second-order valence-electron chi connectivity index (χ2n) is 6.41. The van der Waals surface area contributed by atoms with Crippen molar-refractivity contribution in [1.29, 1.82) is 0 Å². The van der Waals surface area contributed by atoms with Crippen LogP contribution in [0.15, 0.2) is 16.9 Å². The van der Waals surface area contributed by atoms with Gasteiger partial charge in [0.05, 0.1) is 5.69 Å². The minimum Gasteiger partial charge on any atom is -0.414 e. The molecule has 0 fully saturated rings. The summed E-state index contributed by atoms with van der Waals surface area (Å²) in [7, 11) is 1.54. The zero-order valence-corrected chi connectivity index (χ0v) is 12.4. The van der Waals surface area contributed by atoms with Gasteiger partial charge in [0.1, 0.15) is 7.11 Å². The fourth-order valence-electron chi connectivity index (χ4n) is 2.58. The van der Waals surface area contributed by atoms with E-state index in [0.29, 0.717) is 11.3 Å². The number of aryl methyl sites for hydroxylation is 1. The standard InChI is InChI=1S/C15H25NO2/c1-11-7-13(16(18-6)14(17)9-11)8-12(2)10-15(3,4)5/h7,9,12H,8,10H2,1-6H3. The molecule has 102 valence electrons. The number of hydrogen-bond acceptors (Lipinski definition) is 2. The van der Waals surface area contributed by atoms with Crippen molar-refractivity contribution >= 4 is 0 Å². The number of rotatable bonds is 4. The summed E-state index contributed by atoms with van der Waals surface area (Å²) in [5.41, 5.74) is 2.17. The Bertz CT molecular complexity index is 455. The lowest BCUT2D eigenvalue weighted by atomic mass is 9.83. The molecule has 3 heteroatoms. The molecular weight excluding hydrogens is 226 g/mol. The highest BCUT2D eigenvalue weighted by atomic mass is 16.6. The molecule has 0 saturated carbocycles. The highest BCUT2D eigenvalue weighted by Crippen LogP contribution is 2.26. The molecule has 0 saturated heterocycles. The largest absolute Gasteiger partial charge is 0.414 e. The fraction of sp³-hybridized carbons (Fsp3) is 0.667. The van der Waals surface area contributed by atoms with Crippen molar-refractivity contribution in [2.45, 2.75) is 47.5 Å². The molecule has 1 unspecified atom stereocenters. The van der Waals surface area contributed by atoms with Gasteiger partial charge in [0, 0.05) is 6.07 Å². The summed E-state index contributed by atoms with van der Waals surface area (Å²) in [5, 5.41) is 0. The van der Waals surface area contributed by atoms with E-state index in [9.17, 15) is 4.79 Å². The average Bonchev–Trinajstić information content (AvgIpc) is 2.13. The molecule has 1 rings (SSSR count). The van der Waals surface area contributed by atoms with Crippen molar-refractivity contribution in [2.75, 3.05) is 7.11 Å². The Morgan fingerprint density at radius 2 is 1.94 bits per heavy atom. The number of nitrogens with zero attached hydrogens (tertiary/aromatic N) is 1. The number of pyridine rings is 1. The highest BCUT2D eigenvalue weighted by molar-refractivity contribution is 5.16. The van der Waals surface area contributed by atoms with Gasteiger partial charge in [-0.15, -0.1) is 4.73 Å². The molecule has 0 aliphatic carbocycles. The SMILES string of the molecule is COn1c(CC(C)CC(C)(C)C)cc(C)cc1=O. The first-order valence-electron chi connectivity index (χ1n) is 6.50. The van der Waals surface area contributed by atoms with Crippen molar-refractivity contribution in [1.82, 2.24) is 4.73 Å². The van der Waals surface area contributed by atoms with Gasteiger partial charge in [-0.3, -0.25) is 4.79 Å². The van der Waals surface area contributed by atoms with Crippen LogP contribution in [0.3, 0.4) is 0 Å². The average molecular weight is 251 g/mol. The summed E-state index contributed by atoms with van der Waals surface area (Å²) in [6.45, 7) is 10.9. The van der Waals surface area contributed by atoms with E-state index in [1.54, 1.807) is 6.07 Å². The third-order valence-corrected chi connectivity index (χ3v) is 2.91. The van der Waals surface area contributed by atoms with Gasteiger partial charge in [-0.05, 0) is 42.7 Å².